The Morgan fingerprint density at radius 1 is 1.26 bits per heavy atom. The van der Waals surface area contributed by atoms with Gasteiger partial charge in [-0.15, -0.1) is 0 Å². The van der Waals surface area contributed by atoms with Gasteiger partial charge in [-0.2, -0.15) is 0 Å². The molecule has 0 bridgehead atoms. The molecule has 1 heterocycles. The van der Waals surface area contributed by atoms with Crippen molar-refractivity contribution in [1.82, 2.24) is 0 Å². The topological polar surface area (TPSA) is 52.6 Å². The van der Waals surface area contributed by atoms with E-state index in [4.69, 9.17) is 9.47 Å². The van der Waals surface area contributed by atoms with Gasteiger partial charge in [0.25, 0.3) is 0 Å². The zero-order valence-corrected chi connectivity index (χ0v) is 13.8. The molecule has 0 spiro atoms. The van der Waals surface area contributed by atoms with Crippen molar-refractivity contribution in [3.8, 4) is 0 Å². The SMILES string of the molecule is C=C1C(OC(=O)C(C)C)C[C@H]2C(=C)CC[C@H]3C(=C)C(=O)O[C@@H]3[C@@H]12. The van der Waals surface area contributed by atoms with Crippen LogP contribution in [0.3, 0.4) is 0 Å². The molecule has 3 fully saturated rings. The van der Waals surface area contributed by atoms with Crippen molar-refractivity contribution in [2.24, 2.45) is 23.7 Å². The molecule has 0 aromatic carbocycles. The fraction of sp³-hybridized carbons (Fsp3) is 0.579. The molecule has 3 rings (SSSR count). The van der Waals surface area contributed by atoms with E-state index in [-0.39, 0.29) is 47.8 Å². The number of rotatable bonds is 2. The zero-order chi connectivity index (χ0) is 16.9. The number of ether oxygens (including phenoxy) is 2. The number of esters is 2. The number of hydrogen-bond acceptors (Lipinski definition) is 4. The lowest BCUT2D eigenvalue weighted by Crippen LogP contribution is -2.29. The van der Waals surface area contributed by atoms with E-state index in [1.54, 1.807) is 0 Å². The molecular formula is C19H24O4. The van der Waals surface area contributed by atoms with Crippen molar-refractivity contribution in [3.05, 3.63) is 36.5 Å². The van der Waals surface area contributed by atoms with Crippen LogP contribution in [0.25, 0.3) is 0 Å². The monoisotopic (exact) mass is 316 g/mol. The molecule has 0 amide bonds. The molecule has 1 unspecified atom stereocenters. The Labute approximate surface area is 137 Å². The maximum Gasteiger partial charge on any atom is 0.334 e. The van der Waals surface area contributed by atoms with Crippen LogP contribution in [-0.2, 0) is 19.1 Å². The van der Waals surface area contributed by atoms with E-state index in [9.17, 15) is 9.59 Å². The number of allylic oxidation sites excluding steroid dienone is 1. The minimum atomic E-state index is -0.317. The van der Waals surface area contributed by atoms with Gasteiger partial charge in [-0.25, -0.2) is 4.79 Å². The molecule has 1 aliphatic heterocycles. The van der Waals surface area contributed by atoms with E-state index in [1.807, 2.05) is 13.8 Å². The Bertz CT molecular complexity index is 600. The quantitative estimate of drug-likeness (QED) is 0.446. The van der Waals surface area contributed by atoms with E-state index in [1.165, 1.54) is 0 Å². The maximum absolute atomic E-state index is 11.9. The Morgan fingerprint density at radius 3 is 2.61 bits per heavy atom. The molecular weight excluding hydrogens is 292 g/mol. The van der Waals surface area contributed by atoms with Crippen molar-refractivity contribution >= 4 is 11.9 Å². The lowest BCUT2D eigenvalue weighted by Gasteiger charge is -2.26. The number of carbonyl (C=O) groups excluding carboxylic acids is 2. The van der Waals surface area contributed by atoms with Gasteiger partial charge < -0.3 is 9.47 Å². The zero-order valence-electron chi connectivity index (χ0n) is 13.8. The third kappa shape index (κ3) is 2.54. The van der Waals surface area contributed by atoms with Crippen molar-refractivity contribution in [3.63, 3.8) is 0 Å². The molecule has 2 saturated carbocycles. The predicted molar refractivity (Wildman–Crippen MR) is 86.3 cm³/mol. The van der Waals surface area contributed by atoms with Crippen LogP contribution in [0.1, 0.15) is 33.1 Å². The Morgan fingerprint density at radius 2 is 1.96 bits per heavy atom. The van der Waals surface area contributed by atoms with E-state index < -0.39 is 0 Å². The average Bonchev–Trinajstić information content (AvgIpc) is 2.90. The minimum absolute atomic E-state index is 0.0190. The molecule has 1 saturated heterocycles. The lowest BCUT2D eigenvalue weighted by atomic mass is 9.82. The summed E-state index contributed by atoms with van der Waals surface area (Å²) in [6.45, 7) is 15.9. The highest BCUT2D eigenvalue weighted by Crippen LogP contribution is 2.52. The van der Waals surface area contributed by atoms with Crippen LogP contribution in [0, 0.1) is 23.7 Å². The van der Waals surface area contributed by atoms with E-state index >= 15 is 0 Å². The van der Waals surface area contributed by atoms with E-state index in [0.717, 1.165) is 24.0 Å². The minimum Gasteiger partial charge on any atom is -0.458 e. The highest BCUT2D eigenvalue weighted by atomic mass is 16.6. The molecule has 124 valence electrons. The summed E-state index contributed by atoms with van der Waals surface area (Å²) in [4.78, 5) is 23.9. The first-order valence-corrected chi connectivity index (χ1v) is 8.27. The summed E-state index contributed by atoms with van der Waals surface area (Å²) in [5, 5.41) is 0. The van der Waals surface area contributed by atoms with Crippen molar-refractivity contribution in [1.29, 1.82) is 0 Å². The van der Waals surface area contributed by atoms with E-state index in [0.29, 0.717) is 12.0 Å². The Balaban J connectivity index is 1.87. The molecule has 0 aromatic rings. The van der Waals surface area contributed by atoms with Crippen LogP contribution < -0.4 is 0 Å². The first kappa shape index (κ1) is 16.0. The molecule has 5 atom stereocenters. The Kier molecular flexibility index (Phi) is 3.95. The van der Waals surface area contributed by atoms with Crippen LogP contribution >= 0.6 is 0 Å². The molecule has 2 aliphatic carbocycles. The van der Waals surface area contributed by atoms with Gasteiger partial charge >= 0.3 is 11.9 Å². The van der Waals surface area contributed by atoms with Crippen molar-refractivity contribution in [2.45, 2.75) is 45.3 Å². The van der Waals surface area contributed by atoms with Crippen LogP contribution in [0.5, 0.6) is 0 Å². The number of hydrogen-bond donors (Lipinski definition) is 0. The van der Waals surface area contributed by atoms with Gasteiger partial charge in [-0.1, -0.05) is 39.2 Å². The fourth-order valence-electron chi connectivity index (χ4n) is 4.08. The second-order valence-corrected chi connectivity index (χ2v) is 7.22. The molecule has 4 heteroatoms. The molecule has 4 nitrogen and oxygen atoms in total. The first-order chi connectivity index (χ1) is 10.8. The summed E-state index contributed by atoms with van der Waals surface area (Å²) in [5.41, 5.74) is 2.54. The van der Waals surface area contributed by atoms with Crippen LogP contribution in [0.4, 0.5) is 0 Å². The molecule has 0 radical (unpaired) electrons. The van der Waals surface area contributed by atoms with Crippen molar-refractivity contribution in [2.75, 3.05) is 0 Å². The molecule has 0 N–H and O–H groups in total. The maximum atomic E-state index is 11.9. The van der Waals surface area contributed by atoms with Gasteiger partial charge in [-0.05, 0) is 30.8 Å². The second-order valence-electron chi connectivity index (χ2n) is 7.22. The van der Waals surface area contributed by atoms with Gasteiger partial charge in [0.2, 0.25) is 0 Å². The van der Waals surface area contributed by atoms with Gasteiger partial charge in [-0.3, -0.25) is 4.79 Å². The Hall–Kier alpha value is -1.84. The molecule has 0 aromatic heterocycles. The molecule has 23 heavy (non-hydrogen) atoms. The summed E-state index contributed by atoms with van der Waals surface area (Å²) in [6.07, 6.45) is 1.81. The molecule has 3 aliphatic rings. The summed E-state index contributed by atoms with van der Waals surface area (Å²) in [6, 6.07) is 0. The third-order valence-corrected chi connectivity index (χ3v) is 5.48. The predicted octanol–water partition coefficient (Wildman–Crippen LogP) is 3.19. The fourth-order valence-corrected chi connectivity index (χ4v) is 4.08. The van der Waals surface area contributed by atoms with Crippen molar-refractivity contribution < 1.29 is 19.1 Å². The van der Waals surface area contributed by atoms with E-state index in [2.05, 4.69) is 19.7 Å². The standard InChI is InChI=1S/C19H24O4/c1-9(2)18(20)22-15-8-14-10(3)6-7-13-11(4)19(21)23-17(13)16(14)12(15)5/h9,13-17H,3-8H2,1-2H3/t13-,14-,15?,16-,17-/m0/s1. The summed E-state index contributed by atoms with van der Waals surface area (Å²) >= 11 is 0. The summed E-state index contributed by atoms with van der Waals surface area (Å²) in [7, 11) is 0. The van der Waals surface area contributed by atoms with Gasteiger partial charge in [0.05, 0.1) is 5.92 Å². The van der Waals surface area contributed by atoms with Crippen LogP contribution in [0.15, 0.2) is 36.5 Å². The number of carbonyl (C=O) groups is 2. The average molecular weight is 316 g/mol. The van der Waals surface area contributed by atoms with Gasteiger partial charge in [0.1, 0.15) is 12.2 Å². The third-order valence-electron chi connectivity index (χ3n) is 5.48. The van der Waals surface area contributed by atoms with Gasteiger partial charge in [0.15, 0.2) is 0 Å². The van der Waals surface area contributed by atoms with Crippen LogP contribution in [-0.4, -0.2) is 24.1 Å². The smallest absolute Gasteiger partial charge is 0.334 e. The second kappa shape index (κ2) is 5.66. The number of fused-ring (bicyclic) bond motifs is 3. The van der Waals surface area contributed by atoms with Gasteiger partial charge in [0, 0.05) is 17.4 Å². The lowest BCUT2D eigenvalue weighted by molar-refractivity contribution is -0.151. The highest BCUT2D eigenvalue weighted by Gasteiger charge is 2.53. The summed E-state index contributed by atoms with van der Waals surface area (Å²) in [5.74, 6) is -0.549. The first-order valence-electron chi connectivity index (χ1n) is 8.27. The summed E-state index contributed by atoms with van der Waals surface area (Å²) < 4.78 is 11.2. The highest BCUT2D eigenvalue weighted by molar-refractivity contribution is 5.91. The largest absolute Gasteiger partial charge is 0.458 e. The van der Waals surface area contributed by atoms with Crippen LogP contribution in [0.2, 0.25) is 0 Å². The normalized spacial score (nSPS) is 36.6.